The van der Waals surface area contributed by atoms with Gasteiger partial charge in [-0.05, 0) is 30.7 Å². The summed E-state index contributed by atoms with van der Waals surface area (Å²) in [5.41, 5.74) is 0.701. The summed E-state index contributed by atoms with van der Waals surface area (Å²) in [6.07, 6.45) is 0. The molecule has 0 bridgehead atoms. The SMILES string of the molecule is CCNC(=O)C(Cl)c1cc(OC)ccc1Br. The zero-order valence-corrected chi connectivity index (χ0v) is 11.4. The van der Waals surface area contributed by atoms with Gasteiger partial charge in [0, 0.05) is 11.0 Å². The average molecular weight is 307 g/mol. The third kappa shape index (κ3) is 3.12. The Morgan fingerprint density at radius 3 is 2.88 bits per heavy atom. The molecule has 0 aliphatic carbocycles. The summed E-state index contributed by atoms with van der Waals surface area (Å²) in [6.45, 7) is 2.41. The Kier molecular flexibility index (Phi) is 5.09. The number of hydrogen-bond donors (Lipinski definition) is 1. The van der Waals surface area contributed by atoms with E-state index >= 15 is 0 Å². The van der Waals surface area contributed by atoms with Crippen molar-refractivity contribution in [3.05, 3.63) is 28.2 Å². The van der Waals surface area contributed by atoms with Crippen LogP contribution in [0.3, 0.4) is 0 Å². The Bertz CT molecular complexity index is 384. The predicted octanol–water partition coefficient (Wildman–Crippen LogP) is 2.87. The van der Waals surface area contributed by atoms with Crippen molar-refractivity contribution in [2.45, 2.75) is 12.3 Å². The maximum absolute atomic E-state index is 11.6. The van der Waals surface area contributed by atoms with Crippen LogP contribution >= 0.6 is 27.5 Å². The van der Waals surface area contributed by atoms with Gasteiger partial charge in [0.25, 0.3) is 0 Å². The Morgan fingerprint density at radius 2 is 2.31 bits per heavy atom. The molecule has 1 atom stereocenters. The van der Waals surface area contributed by atoms with Crippen LogP contribution in [0.15, 0.2) is 22.7 Å². The Hall–Kier alpha value is -0.740. The summed E-state index contributed by atoms with van der Waals surface area (Å²) in [6, 6.07) is 5.36. The van der Waals surface area contributed by atoms with Crippen molar-refractivity contribution in [1.29, 1.82) is 0 Å². The van der Waals surface area contributed by atoms with Crippen LogP contribution in [0.1, 0.15) is 17.9 Å². The van der Waals surface area contributed by atoms with Gasteiger partial charge in [0.1, 0.15) is 11.1 Å². The highest BCUT2D eigenvalue weighted by molar-refractivity contribution is 9.10. The number of alkyl halides is 1. The summed E-state index contributed by atoms with van der Waals surface area (Å²) in [7, 11) is 1.57. The van der Waals surface area contributed by atoms with Crippen molar-refractivity contribution in [3.63, 3.8) is 0 Å². The average Bonchev–Trinajstić information content (AvgIpc) is 2.29. The smallest absolute Gasteiger partial charge is 0.242 e. The summed E-state index contributed by atoms with van der Waals surface area (Å²) in [5.74, 6) is 0.464. The van der Waals surface area contributed by atoms with E-state index in [-0.39, 0.29) is 5.91 Å². The van der Waals surface area contributed by atoms with Gasteiger partial charge in [0.05, 0.1) is 7.11 Å². The molecular weight excluding hydrogens is 293 g/mol. The fourth-order valence-corrected chi connectivity index (χ4v) is 2.11. The molecule has 88 valence electrons. The Labute approximate surface area is 108 Å². The molecule has 1 aromatic carbocycles. The Balaban J connectivity index is 2.97. The van der Waals surface area contributed by atoms with E-state index in [1.165, 1.54) is 0 Å². The number of carbonyl (C=O) groups is 1. The quantitative estimate of drug-likeness (QED) is 0.869. The number of carbonyl (C=O) groups excluding carboxylic acids is 1. The Morgan fingerprint density at radius 1 is 1.62 bits per heavy atom. The third-order valence-electron chi connectivity index (χ3n) is 2.06. The van der Waals surface area contributed by atoms with E-state index in [1.807, 2.05) is 13.0 Å². The molecule has 1 unspecified atom stereocenters. The standard InChI is InChI=1S/C11H13BrClNO2/c1-3-14-11(15)10(13)8-6-7(16-2)4-5-9(8)12/h4-6,10H,3H2,1-2H3,(H,14,15). The maximum atomic E-state index is 11.6. The van der Waals surface area contributed by atoms with Gasteiger partial charge in [-0.1, -0.05) is 15.9 Å². The lowest BCUT2D eigenvalue weighted by atomic mass is 10.1. The van der Waals surface area contributed by atoms with Crippen LogP contribution in [0.4, 0.5) is 0 Å². The molecule has 0 aliphatic rings. The van der Waals surface area contributed by atoms with Crippen LogP contribution in [0.25, 0.3) is 0 Å². The van der Waals surface area contributed by atoms with E-state index in [4.69, 9.17) is 16.3 Å². The lowest BCUT2D eigenvalue weighted by molar-refractivity contribution is -0.120. The molecule has 1 amide bonds. The first-order chi connectivity index (χ1) is 7.60. The van der Waals surface area contributed by atoms with Crippen molar-refractivity contribution in [2.24, 2.45) is 0 Å². The fraction of sp³-hybridized carbons (Fsp3) is 0.364. The first-order valence-electron chi connectivity index (χ1n) is 4.85. The minimum absolute atomic E-state index is 0.210. The molecule has 16 heavy (non-hydrogen) atoms. The van der Waals surface area contributed by atoms with E-state index in [9.17, 15) is 4.79 Å². The van der Waals surface area contributed by atoms with Gasteiger partial charge in [-0.2, -0.15) is 0 Å². The summed E-state index contributed by atoms with van der Waals surface area (Å²) >= 11 is 9.43. The number of amides is 1. The van der Waals surface area contributed by atoms with E-state index in [1.54, 1.807) is 19.2 Å². The zero-order chi connectivity index (χ0) is 12.1. The molecule has 3 nitrogen and oxygen atoms in total. The molecule has 0 radical (unpaired) electrons. The van der Waals surface area contributed by atoms with Crippen molar-refractivity contribution < 1.29 is 9.53 Å². The number of benzene rings is 1. The highest BCUT2D eigenvalue weighted by Gasteiger charge is 2.19. The number of methoxy groups -OCH3 is 1. The van der Waals surface area contributed by atoms with Crippen LogP contribution < -0.4 is 10.1 Å². The largest absolute Gasteiger partial charge is 0.497 e. The van der Waals surface area contributed by atoms with Gasteiger partial charge in [0.15, 0.2) is 0 Å². The molecule has 1 N–H and O–H groups in total. The van der Waals surface area contributed by atoms with Crippen molar-refractivity contribution in [1.82, 2.24) is 5.32 Å². The van der Waals surface area contributed by atoms with Gasteiger partial charge >= 0.3 is 0 Å². The van der Waals surface area contributed by atoms with Gasteiger partial charge < -0.3 is 10.1 Å². The number of halogens is 2. The van der Waals surface area contributed by atoms with E-state index in [0.717, 1.165) is 4.47 Å². The molecule has 0 heterocycles. The highest BCUT2D eigenvalue weighted by Crippen LogP contribution is 2.31. The van der Waals surface area contributed by atoms with Gasteiger partial charge in [-0.25, -0.2) is 0 Å². The molecule has 5 heteroatoms. The molecule has 1 rings (SSSR count). The zero-order valence-electron chi connectivity index (χ0n) is 9.09. The number of ether oxygens (including phenoxy) is 1. The first kappa shape index (κ1) is 13.3. The molecule has 0 saturated carbocycles. The van der Waals surface area contributed by atoms with Crippen LogP contribution in [-0.2, 0) is 4.79 Å². The lowest BCUT2D eigenvalue weighted by Crippen LogP contribution is -2.26. The minimum atomic E-state index is -0.718. The van der Waals surface area contributed by atoms with Gasteiger partial charge in [-0.15, -0.1) is 11.6 Å². The molecule has 0 fully saturated rings. The van der Waals surface area contributed by atoms with Crippen molar-refractivity contribution >= 4 is 33.4 Å². The lowest BCUT2D eigenvalue weighted by Gasteiger charge is -2.12. The number of hydrogen-bond acceptors (Lipinski definition) is 2. The van der Waals surface area contributed by atoms with Crippen LogP contribution in [0.2, 0.25) is 0 Å². The van der Waals surface area contributed by atoms with Crippen LogP contribution in [0, 0.1) is 0 Å². The van der Waals surface area contributed by atoms with Gasteiger partial charge in [0.2, 0.25) is 5.91 Å². The van der Waals surface area contributed by atoms with Crippen molar-refractivity contribution in [2.75, 3.05) is 13.7 Å². The maximum Gasteiger partial charge on any atom is 0.242 e. The molecule has 0 spiro atoms. The van der Waals surface area contributed by atoms with Gasteiger partial charge in [-0.3, -0.25) is 4.79 Å². The monoisotopic (exact) mass is 305 g/mol. The topological polar surface area (TPSA) is 38.3 Å². The fourth-order valence-electron chi connectivity index (χ4n) is 1.25. The van der Waals surface area contributed by atoms with E-state index in [0.29, 0.717) is 17.9 Å². The van der Waals surface area contributed by atoms with Crippen LogP contribution in [0.5, 0.6) is 5.75 Å². The second-order valence-corrected chi connectivity index (χ2v) is 4.44. The molecule has 0 saturated heterocycles. The number of likely N-dealkylation sites (N-methyl/N-ethyl adjacent to an activating group) is 1. The third-order valence-corrected chi connectivity index (χ3v) is 3.21. The minimum Gasteiger partial charge on any atom is -0.497 e. The highest BCUT2D eigenvalue weighted by atomic mass is 79.9. The molecule has 1 aromatic rings. The summed E-state index contributed by atoms with van der Waals surface area (Å²) < 4.78 is 5.88. The molecule has 0 aliphatic heterocycles. The number of nitrogens with one attached hydrogen (secondary N) is 1. The second-order valence-electron chi connectivity index (χ2n) is 3.14. The number of rotatable bonds is 4. The van der Waals surface area contributed by atoms with Crippen molar-refractivity contribution in [3.8, 4) is 5.75 Å². The molecule has 0 aromatic heterocycles. The van der Waals surface area contributed by atoms with E-state index in [2.05, 4.69) is 21.2 Å². The summed E-state index contributed by atoms with van der Waals surface area (Å²) in [4.78, 5) is 11.6. The first-order valence-corrected chi connectivity index (χ1v) is 6.08. The van der Waals surface area contributed by atoms with Crippen LogP contribution in [-0.4, -0.2) is 19.6 Å². The van der Waals surface area contributed by atoms with E-state index < -0.39 is 5.38 Å². The molecular formula is C11H13BrClNO2. The summed E-state index contributed by atoms with van der Waals surface area (Å²) in [5, 5.41) is 1.96. The predicted molar refractivity (Wildman–Crippen MR) is 68.0 cm³/mol. The second kappa shape index (κ2) is 6.11. The normalized spacial score (nSPS) is 12.0.